The predicted molar refractivity (Wildman–Crippen MR) is 115 cm³/mol. The highest BCUT2D eigenvalue weighted by molar-refractivity contribution is 5.90. The van der Waals surface area contributed by atoms with Crippen molar-refractivity contribution in [2.24, 2.45) is 5.92 Å². The number of likely N-dealkylation sites (tertiary alicyclic amines) is 1. The van der Waals surface area contributed by atoms with Crippen LogP contribution in [0.1, 0.15) is 19.8 Å². The van der Waals surface area contributed by atoms with Crippen molar-refractivity contribution >= 4 is 23.4 Å². The topological polar surface area (TPSA) is 74.3 Å². The highest BCUT2D eigenvalue weighted by Crippen LogP contribution is 2.35. The normalized spacial score (nSPS) is 26.2. The summed E-state index contributed by atoms with van der Waals surface area (Å²) in [7, 11) is 1.72. The minimum atomic E-state index is -0.525. The van der Waals surface area contributed by atoms with Gasteiger partial charge in [0.25, 0.3) is 0 Å². The molecule has 0 spiro atoms. The highest BCUT2D eigenvalue weighted by Gasteiger charge is 2.40. The van der Waals surface area contributed by atoms with Gasteiger partial charge in [-0.05, 0) is 43.5 Å². The van der Waals surface area contributed by atoms with Gasteiger partial charge in [-0.1, -0.05) is 0 Å². The van der Waals surface area contributed by atoms with Gasteiger partial charge in [0, 0.05) is 39.7 Å². The summed E-state index contributed by atoms with van der Waals surface area (Å²) in [5, 5.41) is 2.64. The van der Waals surface area contributed by atoms with E-state index in [1.165, 1.54) is 24.3 Å². The van der Waals surface area contributed by atoms with Crippen molar-refractivity contribution in [1.82, 2.24) is 10.2 Å². The molecule has 9 heteroatoms. The average molecular weight is 435 g/mol. The number of nitrogens with zero attached hydrogens (tertiary/aromatic N) is 3. The molecule has 1 N–H and O–H groups in total. The molecule has 0 radical (unpaired) electrons. The van der Waals surface area contributed by atoms with E-state index in [4.69, 9.17) is 9.47 Å². The SMILES string of the molecule is COCCN1CCCC2CN(c3ccc(N4CC(CNC(C)=O)OC4=O)cc3F)C[C@@H]21. The number of hydrogen-bond donors (Lipinski definition) is 1. The summed E-state index contributed by atoms with van der Waals surface area (Å²) in [5.74, 6) is 0.0161. The van der Waals surface area contributed by atoms with E-state index in [9.17, 15) is 9.59 Å². The minimum Gasteiger partial charge on any atom is -0.442 e. The van der Waals surface area contributed by atoms with Gasteiger partial charge in [0.2, 0.25) is 5.91 Å². The van der Waals surface area contributed by atoms with E-state index >= 15 is 4.39 Å². The quantitative estimate of drug-likeness (QED) is 0.706. The molecule has 0 aliphatic carbocycles. The van der Waals surface area contributed by atoms with Crippen molar-refractivity contribution in [2.75, 3.05) is 62.8 Å². The zero-order valence-corrected chi connectivity index (χ0v) is 18.2. The molecule has 0 bridgehead atoms. The smallest absolute Gasteiger partial charge is 0.414 e. The number of amides is 2. The van der Waals surface area contributed by atoms with Crippen molar-refractivity contribution in [3.8, 4) is 0 Å². The first-order valence-electron chi connectivity index (χ1n) is 11.0. The lowest BCUT2D eigenvalue weighted by Gasteiger charge is -2.36. The number of halogens is 1. The molecular weight excluding hydrogens is 403 g/mol. The van der Waals surface area contributed by atoms with Crippen LogP contribution in [-0.4, -0.2) is 82.0 Å². The Labute approximate surface area is 182 Å². The summed E-state index contributed by atoms with van der Waals surface area (Å²) in [6.45, 7) is 6.26. The minimum absolute atomic E-state index is 0.183. The second kappa shape index (κ2) is 9.40. The Morgan fingerprint density at radius 1 is 1.32 bits per heavy atom. The largest absolute Gasteiger partial charge is 0.442 e. The number of piperidine rings is 1. The fraction of sp³-hybridized carbons (Fsp3) is 0.636. The molecule has 2 amide bonds. The second-order valence-electron chi connectivity index (χ2n) is 8.59. The van der Waals surface area contributed by atoms with Crippen LogP contribution in [0, 0.1) is 11.7 Å². The number of rotatable bonds is 7. The van der Waals surface area contributed by atoms with Crippen LogP contribution in [0.15, 0.2) is 18.2 Å². The maximum atomic E-state index is 15.1. The Kier molecular flexibility index (Phi) is 6.62. The molecule has 8 nitrogen and oxygen atoms in total. The average Bonchev–Trinajstić information content (AvgIpc) is 3.34. The van der Waals surface area contributed by atoms with Gasteiger partial charge in [-0.15, -0.1) is 0 Å². The van der Waals surface area contributed by atoms with E-state index in [0.717, 1.165) is 32.6 Å². The summed E-state index contributed by atoms with van der Waals surface area (Å²) < 4.78 is 25.6. The summed E-state index contributed by atoms with van der Waals surface area (Å²) in [5.41, 5.74) is 1.04. The predicted octanol–water partition coefficient (Wildman–Crippen LogP) is 1.83. The van der Waals surface area contributed by atoms with Crippen molar-refractivity contribution < 1.29 is 23.5 Å². The van der Waals surface area contributed by atoms with Crippen molar-refractivity contribution in [3.63, 3.8) is 0 Å². The number of cyclic esters (lactones) is 1. The van der Waals surface area contributed by atoms with E-state index in [1.54, 1.807) is 19.2 Å². The van der Waals surface area contributed by atoms with Gasteiger partial charge in [0.1, 0.15) is 11.9 Å². The number of carbonyl (C=O) groups excluding carboxylic acids is 2. The molecule has 3 atom stereocenters. The molecule has 3 heterocycles. The maximum Gasteiger partial charge on any atom is 0.414 e. The van der Waals surface area contributed by atoms with Gasteiger partial charge in [-0.25, -0.2) is 9.18 Å². The first kappa shape index (κ1) is 21.8. The zero-order valence-electron chi connectivity index (χ0n) is 18.2. The first-order valence-corrected chi connectivity index (χ1v) is 11.0. The van der Waals surface area contributed by atoms with E-state index in [2.05, 4.69) is 15.1 Å². The van der Waals surface area contributed by atoms with E-state index in [0.29, 0.717) is 29.9 Å². The Morgan fingerprint density at radius 2 is 2.16 bits per heavy atom. The molecule has 1 aromatic rings. The number of ether oxygens (including phenoxy) is 2. The number of nitrogens with one attached hydrogen (secondary N) is 1. The summed E-state index contributed by atoms with van der Waals surface area (Å²) >= 11 is 0. The van der Waals surface area contributed by atoms with Gasteiger partial charge in [0.15, 0.2) is 0 Å². The fourth-order valence-electron chi connectivity index (χ4n) is 4.97. The monoisotopic (exact) mass is 434 g/mol. The molecule has 3 aliphatic heterocycles. The molecule has 3 aliphatic rings. The number of hydrogen-bond acceptors (Lipinski definition) is 6. The number of anilines is 2. The van der Waals surface area contributed by atoms with Crippen LogP contribution in [-0.2, 0) is 14.3 Å². The van der Waals surface area contributed by atoms with Crippen LogP contribution in [0.2, 0.25) is 0 Å². The third-order valence-electron chi connectivity index (χ3n) is 6.51. The standard InChI is InChI=1S/C22H31FN4O4/c1-15(28)24-11-18-13-27(22(29)31-18)17-5-6-20(19(23)10-17)26-12-16-4-3-7-25(8-9-30-2)21(16)14-26/h5-6,10,16,18,21H,3-4,7-9,11-14H2,1-2H3,(H,24,28)/t16?,18?,21-/m0/s1. The van der Waals surface area contributed by atoms with Crippen molar-refractivity contribution in [1.29, 1.82) is 0 Å². The first-order chi connectivity index (χ1) is 15.0. The lowest BCUT2D eigenvalue weighted by Crippen LogP contribution is -2.46. The molecular formula is C22H31FN4O4. The van der Waals surface area contributed by atoms with Crippen LogP contribution < -0.4 is 15.1 Å². The molecule has 3 saturated heterocycles. The lowest BCUT2D eigenvalue weighted by atomic mass is 9.92. The summed E-state index contributed by atoms with van der Waals surface area (Å²) in [6, 6.07) is 5.36. The summed E-state index contributed by atoms with van der Waals surface area (Å²) in [4.78, 5) is 29.3. The van der Waals surface area contributed by atoms with Gasteiger partial charge >= 0.3 is 6.09 Å². The molecule has 31 heavy (non-hydrogen) atoms. The van der Waals surface area contributed by atoms with Crippen molar-refractivity contribution in [3.05, 3.63) is 24.0 Å². The van der Waals surface area contributed by atoms with Gasteiger partial charge in [-0.3, -0.25) is 14.6 Å². The van der Waals surface area contributed by atoms with Crippen LogP contribution in [0.4, 0.5) is 20.6 Å². The Bertz CT molecular complexity index is 823. The Hall–Kier alpha value is -2.39. The molecule has 4 rings (SSSR count). The van der Waals surface area contributed by atoms with Gasteiger partial charge < -0.3 is 19.7 Å². The van der Waals surface area contributed by atoms with Crippen molar-refractivity contribution in [2.45, 2.75) is 31.9 Å². The van der Waals surface area contributed by atoms with Gasteiger partial charge in [0.05, 0.1) is 31.1 Å². The highest BCUT2D eigenvalue weighted by atomic mass is 19.1. The van der Waals surface area contributed by atoms with Gasteiger partial charge in [-0.2, -0.15) is 0 Å². The van der Waals surface area contributed by atoms with E-state index in [1.807, 2.05) is 0 Å². The molecule has 2 unspecified atom stereocenters. The number of benzene rings is 1. The second-order valence-corrected chi connectivity index (χ2v) is 8.59. The molecule has 0 saturated carbocycles. The third-order valence-corrected chi connectivity index (χ3v) is 6.51. The number of fused-ring (bicyclic) bond motifs is 1. The third kappa shape index (κ3) is 4.77. The molecule has 3 fully saturated rings. The summed E-state index contributed by atoms with van der Waals surface area (Å²) in [6.07, 6.45) is 1.36. The molecule has 170 valence electrons. The van der Waals surface area contributed by atoms with Crippen LogP contribution in [0.25, 0.3) is 0 Å². The number of carbonyl (C=O) groups is 2. The van der Waals surface area contributed by atoms with E-state index < -0.39 is 12.2 Å². The Balaban J connectivity index is 1.42. The van der Waals surface area contributed by atoms with Crippen LogP contribution in [0.3, 0.4) is 0 Å². The van der Waals surface area contributed by atoms with E-state index in [-0.39, 0.29) is 24.8 Å². The Morgan fingerprint density at radius 3 is 2.90 bits per heavy atom. The lowest BCUT2D eigenvalue weighted by molar-refractivity contribution is -0.119. The zero-order chi connectivity index (χ0) is 22.0. The maximum absolute atomic E-state index is 15.1. The molecule has 0 aromatic heterocycles. The fourth-order valence-corrected chi connectivity index (χ4v) is 4.97. The van der Waals surface area contributed by atoms with Crippen LogP contribution in [0.5, 0.6) is 0 Å². The molecule has 1 aromatic carbocycles. The van der Waals surface area contributed by atoms with Crippen LogP contribution >= 0.6 is 0 Å². The number of methoxy groups -OCH3 is 1.